The smallest absolute Gasteiger partial charge is 0.429 e. The first-order chi connectivity index (χ1) is 16.6. The Bertz CT molecular complexity index is 1260. The van der Waals surface area contributed by atoms with Gasteiger partial charge in [-0.05, 0) is 49.2 Å². The van der Waals surface area contributed by atoms with Gasteiger partial charge in [0.05, 0.1) is 13.2 Å². The minimum absolute atomic E-state index is 0.0598. The van der Waals surface area contributed by atoms with E-state index in [0.717, 1.165) is 24.3 Å². The highest BCUT2D eigenvalue weighted by molar-refractivity contribution is 5.76. The first kappa shape index (κ1) is 24.7. The summed E-state index contributed by atoms with van der Waals surface area (Å²) in [6.07, 6.45) is -9.93. The largest absolute Gasteiger partial charge is 0.494 e. The molecule has 2 atom stereocenters. The van der Waals surface area contributed by atoms with Crippen molar-refractivity contribution in [2.75, 3.05) is 13.2 Å². The molecule has 0 amide bonds. The fraction of sp³-hybridized carbons (Fsp3) is 0.280. The summed E-state index contributed by atoms with van der Waals surface area (Å²) in [7, 11) is 0. The van der Waals surface area contributed by atoms with Crippen LogP contribution >= 0.6 is 0 Å². The number of alkyl halides is 4. The number of hydrogen-bond donors (Lipinski definition) is 0. The first-order valence-electron chi connectivity index (χ1n) is 10.7. The molecule has 4 rings (SSSR count). The Hall–Kier alpha value is -3.43. The van der Waals surface area contributed by atoms with Gasteiger partial charge in [0.25, 0.3) is 0 Å². The molecule has 0 N–H and O–H groups in total. The summed E-state index contributed by atoms with van der Waals surface area (Å²) in [6.45, 7) is 3.47. The van der Waals surface area contributed by atoms with Crippen molar-refractivity contribution in [3.63, 3.8) is 0 Å². The molecule has 3 aromatic rings. The third-order valence-corrected chi connectivity index (χ3v) is 5.49. The summed E-state index contributed by atoms with van der Waals surface area (Å²) in [6, 6.07) is 6.73. The molecule has 0 aromatic heterocycles. The van der Waals surface area contributed by atoms with Gasteiger partial charge in [0, 0.05) is 17.2 Å². The Morgan fingerprint density at radius 1 is 0.743 bits per heavy atom. The van der Waals surface area contributed by atoms with Gasteiger partial charge in [-0.25, -0.2) is 22.0 Å². The van der Waals surface area contributed by atoms with Gasteiger partial charge in [0.2, 0.25) is 0 Å². The molecular weight excluding hydrogens is 481 g/mol. The molecule has 0 radical (unpaired) electrons. The maximum atomic E-state index is 15.2. The molecule has 3 nitrogen and oxygen atoms in total. The van der Waals surface area contributed by atoms with E-state index < -0.39 is 58.3 Å². The van der Waals surface area contributed by atoms with Crippen molar-refractivity contribution in [2.24, 2.45) is 0 Å². The molecule has 35 heavy (non-hydrogen) atoms. The summed E-state index contributed by atoms with van der Waals surface area (Å²) in [5, 5.41) is 0. The van der Waals surface area contributed by atoms with Crippen LogP contribution in [0.5, 0.6) is 17.2 Å². The highest BCUT2D eigenvalue weighted by atomic mass is 19.3. The van der Waals surface area contributed by atoms with E-state index in [9.17, 15) is 22.0 Å². The van der Waals surface area contributed by atoms with Crippen LogP contribution in [0.3, 0.4) is 0 Å². The van der Waals surface area contributed by atoms with Gasteiger partial charge in [-0.2, -0.15) is 8.78 Å². The number of hydrogen-bond acceptors (Lipinski definition) is 3. The standard InChI is InChI=1S/C25H19F7O3/c1-3-33-12-5-9-17(16(26)11-12)35-25(31,32)15-8-6-13-14-7-10-18(34-4-2)22(28)20(14)24(30)23(29)19(13)21(15)27/h5-11,23-24H,3-4H2,1-2H3. The molecule has 186 valence electrons. The van der Waals surface area contributed by atoms with Gasteiger partial charge in [0.15, 0.2) is 35.5 Å². The molecule has 2 unspecified atom stereocenters. The van der Waals surface area contributed by atoms with Gasteiger partial charge in [-0.3, -0.25) is 0 Å². The second-order valence-electron chi connectivity index (χ2n) is 7.61. The number of benzene rings is 3. The molecule has 0 fully saturated rings. The van der Waals surface area contributed by atoms with E-state index >= 15 is 8.78 Å². The van der Waals surface area contributed by atoms with Gasteiger partial charge < -0.3 is 14.2 Å². The SMILES string of the molecule is CCOc1ccc(OC(F)(F)c2ccc3c(c2F)C(F)C(F)c2c-3ccc(OCC)c2F)c(F)c1. The summed E-state index contributed by atoms with van der Waals surface area (Å²) in [4.78, 5) is 0. The van der Waals surface area contributed by atoms with Crippen LogP contribution in [0, 0.1) is 17.5 Å². The monoisotopic (exact) mass is 500 g/mol. The van der Waals surface area contributed by atoms with E-state index in [4.69, 9.17) is 9.47 Å². The molecular formula is C25H19F7O3. The Morgan fingerprint density at radius 3 is 1.91 bits per heavy atom. The molecule has 0 aliphatic heterocycles. The maximum Gasteiger partial charge on any atom is 0.429 e. The average molecular weight is 500 g/mol. The van der Waals surface area contributed by atoms with Crippen molar-refractivity contribution in [1.29, 1.82) is 0 Å². The van der Waals surface area contributed by atoms with Crippen LogP contribution in [0.15, 0.2) is 42.5 Å². The van der Waals surface area contributed by atoms with Crippen molar-refractivity contribution in [2.45, 2.75) is 32.3 Å². The average Bonchev–Trinajstić information content (AvgIpc) is 2.80. The van der Waals surface area contributed by atoms with Gasteiger partial charge in [-0.15, -0.1) is 0 Å². The van der Waals surface area contributed by atoms with Crippen molar-refractivity contribution >= 4 is 0 Å². The molecule has 0 bridgehead atoms. The summed E-state index contributed by atoms with van der Waals surface area (Å²) in [5.74, 6) is -5.31. The molecule has 0 saturated heterocycles. The van der Waals surface area contributed by atoms with Crippen LogP contribution < -0.4 is 14.2 Å². The minimum Gasteiger partial charge on any atom is -0.494 e. The Labute approximate surface area is 196 Å². The minimum atomic E-state index is -4.46. The third-order valence-electron chi connectivity index (χ3n) is 5.49. The lowest BCUT2D eigenvalue weighted by Gasteiger charge is -2.29. The summed E-state index contributed by atoms with van der Waals surface area (Å²) in [5.41, 5.74) is -3.64. The van der Waals surface area contributed by atoms with E-state index in [1.165, 1.54) is 12.1 Å². The normalized spacial score (nSPS) is 16.9. The molecule has 0 heterocycles. The fourth-order valence-electron chi connectivity index (χ4n) is 3.97. The second kappa shape index (κ2) is 9.31. The molecule has 10 heteroatoms. The Kier molecular flexibility index (Phi) is 6.57. The van der Waals surface area contributed by atoms with Gasteiger partial charge >= 0.3 is 6.11 Å². The highest BCUT2D eigenvalue weighted by Gasteiger charge is 2.45. The summed E-state index contributed by atoms with van der Waals surface area (Å²) < 4.78 is 118. The van der Waals surface area contributed by atoms with Gasteiger partial charge in [0.1, 0.15) is 17.1 Å². The lowest BCUT2D eigenvalue weighted by Crippen LogP contribution is -2.26. The predicted octanol–water partition coefficient (Wildman–Crippen LogP) is 7.73. The van der Waals surface area contributed by atoms with Crippen LogP contribution in [-0.4, -0.2) is 13.2 Å². The third kappa shape index (κ3) is 4.26. The van der Waals surface area contributed by atoms with Gasteiger partial charge in [-0.1, -0.05) is 12.1 Å². The summed E-state index contributed by atoms with van der Waals surface area (Å²) >= 11 is 0. The van der Waals surface area contributed by atoms with Crippen molar-refractivity contribution in [3.05, 3.63) is 76.6 Å². The van der Waals surface area contributed by atoms with Crippen molar-refractivity contribution in [1.82, 2.24) is 0 Å². The van der Waals surface area contributed by atoms with E-state index in [1.54, 1.807) is 13.8 Å². The van der Waals surface area contributed by atoms with Crippen LogP contribution in [0.25, 0.3) is 11.1 Å². The molecule has 0 spiro atoms. The maximum absolute atomic E-state index is 15.2. The zero-order valence-corrected chi connectivity index (χ0v) is 18.5. The predicted molar refractivity (Wildman–Crippen MR) is 113 cm³/mol. The Balaban J connectivity index is 1.76. The highest BCUT2D eigenvalue weighted by Crippen LogP contribution is 2.52. The van der Waals surface area contributed by atoms with E-state index in [1.807, 2.05) is 0 Å². The number of fused-ring (bicyclic) bond motifs is 3. The number of rotatable bonds is 7. The second-order valence-corrected chi connectivity index (χ2v) is 7.61. The first-order valence-corrected chi connectivity index (χ1v) is 10.7. The van der Waals surface area contributed by atoms with Crippen molar-refractivity contribution < 1.29 is 44.9 Å². The van der Waals surface area contributed by atoms with E-state index in [2.05, 4.69) is 4.74 Å². The lowest BCUT2D eigenvalue weighted by atomic mass is 9.81. The Morgan fingerprint density at radius 2 is 1.31 bits per heavy atom. The fourth-order valence-corrected chi connectivity index (χ4v) is 3.97. The quantitative estimate of drug-likeness (QED) is 0.311. The number of ether oxygens (including phenoxy) is 3. The zero-order valence-electron chi connectivity index (χ0n) is 18.5. The molecule has 1 aliphatic rings. The van der Waals surface area contributed by atoms with Crippen LogP contribution in [0.1, 0.15) is 42.9 Å². The molecule has 3 aromatic carbocycles. The molecule has 1 aliphatic carbocycles. The topological polar surface area (TPSA) is 27.7 Å². The van der Waals surface area contributed by atoms with E-state index in [0.29, 0.717) is 6.07 Å². The van der Waals surface area contributed by atoms with E-state index in [-0.39, 0.29) is 35.8 Å². The van der Waals surface area contributed by atoms with Crippen molar-refractivity contribution in [3.8, 4) is 28.4 Å². The molecule has 0 saturated carbocycles. The lowest BCUT2D eigenvalue weighted by molar-refractivity contribution is -0.189. The van der Waals surface area contributed by atoms with Crippen LogP contribution in [-0.2, 0) is 6.11 Å². The van der Waals surface area contributed by atoms with Crippen LogP contribution in [0.2, 0.25) is 0 Å². The zero-order chi connectivity index (χ0) is 25.5. The number of halogens is 7. The van der Waals surface area contributed by atoms with Crippen LogP contribution in [0.4, 0.5) is 30.7 Å².